The normalized spacial score (nSPS) is 12.6. The van der Waals surface area contributed by atoms with E-state index in [1.165, 1.54) is 0 Å². The first-order chi connectivity index (χ1) is 11.4. The van der Waals surface area contributed by atoms with Gasteiger partial charge in [-0.05, 0) is 17.7 Å². The Bertz CT molecular complexity index is 746. The summed E-state index contributed by atoms with van der Waals surface area (Å²) >= 11 is 5.74. The Balaban J connectivity index is 1.96. The van der Waals surface area contributed by atoms with Gasteiger partial charge in [0.05, 0.1) is 23.3 Å². The standard InChI is InChI=1S/C14H12ClF3N6/c15-11-4-10(14(16,17)18)7-21-12(11)8-23-24-13(19)22-6-9-2-1-3-20-5-9/h1-5,7-8H,6H2,(H3,19,22,24). The Morgan fingerprint density at radius 2 is 2.17 bits per heavy atom. The van der Waals surface area contributed by atoms with Crippen LogP contribution in [0.15, 0.2) is 46.9 Å². The molecule has 3 N–H and O–H groups in total. The number of aliphatic imine (C=N–C) groups is 1. The van der Waals surface area contributed by atoms with Crippen LogP contribution in [0, 0.1) is 0 Å². The number of nitrogens with one attached hydrogen (secondary N) is 1. The quantitative estimate of drug-likeness (QED) is 0.500. The Labute approximate surface area is 140 Å². The molecule has 0 bridgehead atoms. The summed E-state index contributed by atoms with van der Waals surface area (Å²) in [7, 11) is 0. The summed E-state index contributed by atoms with van der Waals surface area (Å²) in [5.74, 6) is 0.0261. The monoisotopic (exact) mass is 356 g/mol. The van der Waals surface area contributed by atoms with E-state index in [1.54, 1.807) is 18.5 Å². The lowest BCUT2D eigenvalue weighted by atomic mass is 10.2. The van der Waals surface area contributed by atoms with Crippen molar-refractivity contribution in [1.82, 2.24) is 15.4 Å². The van der Waals surface area contributed by atoms with E-state index >= 15 is 0 Å². The number of hydrazone groups is 1. The summed E-state index contributed by atoms with van der Waals surface area (Å²) in [5.41, 5.74) is 8.03. The maximum Gasteiger partial charge on any atom is 0.417 e. The van der Waals surface area contributed by atoms with E-state index in [2.05, 4.69) is 25.5 Å². The molecule has 24 heavy (non-hydrogen) atoms. The lowest BCUT2D eigenvalue weighted by Gasteiger charge is -2.07. The molecule has 0 amide bonds. The van der Waals surface area contributed by atoms with Crippen molar-refractivity contribution in [3.05, 3.63) is 58.6 Å². The van der Waals surface area contributed by atoms with Crippen molar-refractivity contribution in [2.24, 2.45) is 15.8 Å². The SMILES string of the molecule is NC(=NCc1cccnc1)NN=Cc1ncc(C(F)(F)F)cc1Cl. The maximum absolute atomic E-state index is 12.5. The molecular formula is C14H12ClF3N6. The van der Waals surface area contributed by atoms with Crippen molar-refractivity contribution in [1.29, 1.82) is 0 Å². The zero-order chi connectivity index (χ0) is 17.6. The summed E-state index contributed by atoms with van der Waals surface area (Å²) < 4.78 is 37.5. The molecule has 2 aromatic heterocycles. The van der Waals surface area contributed by atoms with Gasteiger partial charge in [0.25, 0.3) is 0 Å². The van der Waals surface area contributed by atoms with Gasteiger partial charge in [0.15, 0.2) is 0 Å². The van der Waals surface area contributed by atoms with Crippen molar-refractivity contribution in [3.63, 3.8) is 0 Å². The lowest BCUT2D eigenvalue weighted by molar-refractivity contribution is -0.137. The van der Waals surface area contributed by atoms with Crippen LogP contribution >= 0.6 is 11.6 Å². The molecule has 0 fully saturated rings. The van der Waals surface area contributed by atoms with Gasteiger partial charge in [-0.15, -0.1) is 0 Å². The molecular weight excluding hydrogens is 345 g/mol. The van der Waals surface area contributed by atoms with Crippen LogP contribution < -0.4 is 11.2 Å². The summed E-state index contributed by atoms with van der Waals surface area (Å²) in [6, 6.07) is 4.37. The van der Waals surface area contributed by atoms with E-state index in [1.807, 2.05) is 6.07 Å². The highest BCUT2D eigenvalue weighted by Gasteiger charge is 2.31. The summed E-state index contributed by atoms with van der Waals surface area (Å²) in [6.45, 7) is 0.307. The van der Waals surface area contributed by atoms with Crippen LogP contribution in [0.3, 0.4) is 0 Å². The number of hydrogen-bond acceptors (Lipinski definition) is 4. The van der Waals surface area contributed by atoms with Gasteiger partial charge in [-0.25, -0.2) is 10.4 Å². The maximum atomic E-state index is 12.5. The number of pyridine rings is 2. The smallest absolute Gasteiger partial charge is 0.369 e. The lowest BCUT2D eigenvalue weighted by Crippen LogP contribution is -2.27. The molecule has 2 rings (SSSR count). The molecule has 0 spiro atoms. The predicted octanol–water partition coefficient (Wildman–Crippen LogP) is 2.59. The molecule has 0 aliphatic carbocycles. The van der Waals surface area contributed by atoms with Crippen LogP contribution in [0.1, 0.15) is 16.8 Å². The summed E-state index contributed by atoms with van der Waals surface area (Å²) in [4.78, 5) is 11.6. The van der Waals surface area contributed by atoms with Crippen molar-refractivity contribution >= 4 is 23.8 Å². The first-order valence-corrected chi connectivity index (χ1v) is 6.94. The molecule has 2 heterocycles. The highest BCUT2D eigenvalue weighted by atomic mass is 35.5. The van der Waals surface area contributed by atoms with Gasteiger partial charge in [0.2, 0.25) is 5.96 Å². The van der Waals surface area contributed by atoms with Crippen molar-refractivity contribution in [2.45, 2.75) is 12.7 Å². The average Bonchev–Trinajstić information content (AvgIpc) is 2.54. The van der Waals surface area contributed by atoms with Crippen LogP contribution in [0.2, 0.25) is 5.02 Å². The van der Waals surface area contributed by atoms with Crippen molar-refractivity contribution in [2.75, 3.05) is 0 Å². The molecule has 0 unspecified atom stereocenters. The van der Waals surface area contributed by atoms with Gasteiger partial charge in [0.1, 0.15) is 5.69 Å². The van der Waals surface area contributed by atoms with Crippen LogP contribution in [-0.2, 0) is 12.7 Å². The van der Waals surface area contributed by atoms with Gasteiger partial charge < -0.3 is 5.73 Å². The number of rotatable bonds is 4. The van der Waals surface area contributed by atoms with Crippen molar-refractivity contribution < 1.29 is 13.2 Å². The number of guanidine groups is 1. The molecule has 0 radical (unpaired) electrons. The van der Waals surface area contributed by atoms with Crippen LogP contribution in [-0.4, -0.2) is 22.1 Å². The first-order valence-electron chi connectivity index (χ1n) is 6.57. The molecule has 10 heteroatoms. The van der Waals surface area contributed by atoms with Gasteiger partial charge in [0, 0.05) is 18.6 Å². The van der Waals surface area contributed by atoms with Crippen LogP contribution in [0.5, 0.6) is 0 Å². The molecule has 0 saturated carbocycles. The minimum atomic E-state index is -4.51. The second-order valence-corrected chi connectivity index (χ2v) is 4.93. The minimum Gasteiger partial charge on any atom is -0.369 e. The Kier molecular flexibility index (Phi) is 5.69. The van der Waals surface area contributed by atoms with E-state index in [0.29, 0.717) is 12.7 Å². The van der Waals surface area contributed by atoms with E-state index < -0.39 is 11.7 Å². The number of aromatic nitrogens is 2. The van der Waals surface area contributed by atoms with Crippen LogP contribution in [0.4, 0.5) is 13.2 Å². The first kappa shape index (κ1) is 17.7. The minimum absolute atomic E-state index is 0.0261. The van der Waals surface area contributed by atoms with Gasteiger partial charge >= 0.3 is 6.18 Å². The molecule has 6 nitrogen and oxygen atoms in total. The third-order valence-corrected chi connectivity index (χ3v) is 3.02. The predicted molar refractivity (Wildman–Crippen MR) is 84.5 cm³/mol. The van der Waals surface area contributed by atoms with Crippen molar-refractivity contribution in [3.8, 4) is 0 Å². The highest BCUT2D eigenvalue weighted by Crippen LogP contribution is 2.30. The zero-order valence-corrected chi connectivity index (χ0v) is 12.9. The van der Waals surface area contributed by atoms with Gasteiger partial charge in [-0.1, -0.05) is 17.7 Å². The fourth-order valence-corrected chi connectivity index (χ4v) is 1.78. The topological polar surface area (TPSA) is 88.5 Å². The fraction of sp³-hybridized carbons (Fsp3) is 0.143. The molecule has 0 aromatic carbocycles. The van der Waals surface area contributed by atoms with Gasteiger partial charge in [-0.2, -0.15) is 18.3 Å². The Hall–Kier alpha value is -2.68. The number of halogens is 4. The molecule has 0 aliphatic rings. The van der Waals surface area contributed by atoms with E-state index in [-0.39, 0.29) is 16.7 Å². The fourth-order valence-electron chi connectivity index (χ4n) is 1.56. The largest absolute Gasteiger partial charge is 0.417 e. The van der Waals surface area contributed by atoms with E-state index in [9.17, 15) is 13.2 Å². The number of alkyl halides is 3. The molecule has 2 aromatic rings. The third kappa shape index (κ3) is 5.20. The second kappa shape index (κ2) is 7.73. The third-order valence-electron chi connectivity index (χ3n) is 2.72. The number of nitrogens with two attached hydrogens (primary N) is 1. The average molecular weight is 357 g/mol. The molecule has 0 atom stereocenters. The second-order valence-electron chi connectivity index (χ2n) is 4.52. The molecule has 0 aliphatic heterocycles. The van der Waals surface area contributed by atoms with Gasteiger partial charge in [-0.3, -0.25) is 9.97 Å². The van der Waals surface area contributed by atoms with E-state index in [0.717, 1.165) is 17.8 Å². The Morgan fingerprint density at radius 3 is 2.79 bits per heavy atom. The Morgan fingerprint density at radius 1 is 1.38 bits per heavy atom. The molecule has 0 saturated heterocycles. The highest BCUT2D eigenvalue weighted by molar-refractivity contribution is 6.32. The van der Waals surface area contributed by atoms with Crippen LogP contribution in [0.25, 0.3) is 0 Å². The van der Waals surface area contributed by atoms with E-state index in [4.69, 9.17) is 17.3 Å². The zero-order valence-electron chi connectivity index (χ0n) is 12.1. The summed E-state index contributed by atoms with van der Waals surface area (Å²) in [5, 5.41) is 3.55. The summed E-state index contributed by atoms with van der Waals surface area (Å²) in [6.07, 6.45) is 0.599. The molecule has 126 valence electrons. The number of nitrogens with zero attached hydrogens (tertiary/aromatic N) is 4. The number of hydrogen-bond donors (Lipinski definition) is 2.